The minimum absolute atomic E-state index is 0.576. The van der Waals surface area contributed by atoms with E-state index < -0.39 is 0 Å². The average molecular weight is 300 g/mol. The first-order valence-electron chi connectivity index (χ1n) is 9.51. The van der Waals surface area contributed by atoms with Gasteiger partial charge in [-0.2, -0.15) is 0 Å². The molecular weight excluding hydrogens is 276 g/mol. The molecule has 116 valence electrons. The van der Waals surface area contributed by atoms with E-state index in [9.17, 15) is 0 Å². The van der Waals surface area contributed by atoms with Crippen molar-refractivity contribution in [2.75, 3.05) is 0 Å². The molecule has 0 spiro atoms. The number of rotatable bonds is 1. The SMILES string of the molecule is C1=CC(C23CC4CC(CC(C4)C2)C3)c2cccc3cccc1c23. The zero-order valence-corrected chi connectivity index (χ0v) is 13.7. The Bertz CT molecular complexity index is 785. The predicted octanol–water partition coefficient (Wildman–Crippen LogP) is 6.17. The van der Waals surface area contributed by atoms with E-state index in [-0.39, 0.29) is 0 Å². The zero-order chi connectivity index (χ0) is 15.0. The maximum atomic E-state index is 2.57. The van der Waals surface area contributed by atoms with Crippen molar-refractivity contribution in [1.82, 2.24) is 0 Å². The van der Waals surface area contributed by atoms with Crippen LogP contribution in [0.5, 0.6) is 0 Å². The van der Waals surface area contributed by atoms with Gasteiger partial charge in [-0.3, -0.25) is 0 Å². The summed E-state index contributed by atoms with van der Waals surface area (Å²) in [5.41, 5.74) is 3.63. The lowest BCUT2D eigenvalue weighted by molar-refractivity contribution is -0.0604. The van der Waals surface area contributed by atoms with Crippen LogP contribution in [0.3, 0.4) is 0 Å². The molecule has 1 atom stereocenters. The predicted molar refractivity (Wildman–Crippen MR) is 96.3 cm³/mol. The van der Waals surface area contributed by atoms with Crippen LogP contribution in [0.2, 0.25) is 0 Å². The van der Waals surface area contributed by atoms with Crippen LogP contribution in [0.25, 0.3) is 16.8 Å². The van der Waals surface area contributed by atoms with Crippen LogP contribution >= 0.6 is 0 Å². The Hall–Kier alpha value is -1.56. The summed E-state index contributed by atoms with van der Waals surface area (Å²) in [7, 11) is 0. The van der Waals surface area contributed by atoms with Crippen molar-refractivity contribution >= 4 is 16.8 Å². The molecule has 1 unspecified atom stereocenters. The highest BCUT2D eigenvalue weighted by molar-refractivity contribution is 5.95. The van der Waals surface area contributed by atoms with Gasteiger partial charge in [0.25, 0.3) is 0 Å². The molecule has 2 aromatic carbocycles. The number of benzene rings is 2. The fourth-order valence-electron chi connectivity index (χ4n) is 7.19. The molecule has 0 radical (unpaired) electrons. The van der Waals surface area contributed by atoms with Gasteiger partial charge in [0.05, 0.1) is 0 Å². The highest BCUT2D eigenvalue weighted by Crippen LogP contribution is 2.65. The lowest BCUT2D eigenvalue weighted by Crippen LogP contribution is -2.48. The first-order chi connectivity index (χ1) is 11.3. The molecule has 7 rings (SSSR count). The van der Waals surface area contributed by atoms with Crippen LogP contribution in [-0.4, -0.2) is 0 Å². The van der Waals surface area contributed by atoms with E-state index in [4.69, 9.17) is 0 Å². The summed E-state index contributed by atoms with van der Waals surface area (Å²) < 4.78 is 0. The van der Waals surface area contributed by atoms with Crippen molar-refractivity contribution in [1.29, 1.82) is 0 Å². The van der Waals surface area contributed by atoms with E-state index in [0.29, 0.717) is 11.3 Å². The lowest BCUT2D eigenvalue weighted by atomic mass is 9.45. The highest BCUT2D eigenvalue weighted by atomic mass is 14.6. The molecule has 0 heterocycles. The van der Waals surface area contributed by atoms with Crippen molar-refractivity contribution in [3.8, 4) is 0 Å². The van der Waals surface area contributed by atoms with Crippen LogP contribution in [0.15, 0.2) is 42.5 Å². The summed E-state index contributed by atoms with van der Waals surface area (Å²) in [6.07, 6.45) is 14.1. The van der Waals surface area contributed by atoms with Gasteiger partial charge in [0.1, 0.15) is 0 Å². The molecule has 23 heavy (non-hydrogen) atoms. The van der Waals surface area contributed by atoms with Gasteiger partial charge in [-0.05, 0) is 83.6 Å². The van der Waals surface area contributed by atoms with Gasteiger partial charge < -0.3 is 0 Å². The van der Waals surface area contributed by atoms with Gasteiger partial charge >= 0.3 is 0 Å². The molecule has 0 heteroatoms. The van der Waals surface area contributed by atoms with Crippen molar-refractivity contribution in [3.63, 3.8) is 0 Å². The highest BCUT2D eigenvalue weighted by Gasteiger charge is 2.54. The smallest absolute Gasteiger partial charge is 0.00844 e. The fraction of sp³-hybridized carbons (Fsp3) is 0.478. The summed E-state index contributed by atoms with van der Waals surface area (Å²) in [6, 6.07) is 13.8. The molecule has 0 aliphatic heterocycles. The normalized spacial score (nSPS) is 40.0. The minimum atomic E-state index is 0.576. The van der Waals surface area contributed by atoms with E-state index in [0.717, 1.165) is 17.8 Å². The molecule has 0 amide bonds. The number of hydrogen-bond donors (Lipinski definition) is 0. The van der Waals surface area contributed by atoms with Crippen molar-refractivity contribution in [2.45, 2.75) is 44.4 Å². The van der Waals surface area contributed by atoms with E-state index >= 15 is 0 Å². The van der Waals surface area contributed by atoms with Crippen molar-refractivity contribution < 1.29 is 0 Å². The Balaban J connectivity index is 1.54. The molecule has 5 aliphatic rings. The summed E-state index contributed by atoms with van der Waals surface area (Å²) in [6.45, 7) is 0. The van der Waals surface area contributed by atoms with Gasteiger partial charge in [0.15, 0.2) is 0 Å². The topological polar surface area (TPSA) is 0 Å². The van der Waals surface area contributed by atoms with E-state index in [2.05, 4.69) is 48.6 Å². The lowest BCUT2D eigenvalue weighted by Gasteiger charge is -2.59. The zero-order valence-electron chi connectivity index (χ0n) is 13.7. The van der Waals surface area contributed by atoms with Gasteiger partial charge in [-0.15, -0.1) is 0 Å². The molecule has 5 aliphatic carbocycles. The van der Waals surface area contributed by atoms with Crippen LogP contribution in [0.4, 0.5) is 0 Å². The third-order valence-corrected chi connectivity index (χ3v) is 7.52. The van der Waals surface area contributed by atoms with Crippen molar-refractivity contribution in [2.24, 2.45) is 23.2 Å². The van der Waals surface area contributed by atoms with Gasteiger partial charge in [0.2, 0.25) is 0 Å². The maximum Gasteiger partial charge on any atom is 0.00844 e. The molecule has 0 nitrogen and oxygen atoms in total. The Morgan fingerprint density at radius 2 is 1.43 bits per heavy atom. The Morgan fingerprint density at radius 3 is 2.13 bits per heavy atom. The standard InChI is InChI=1S/C23H24/c1-3-18-5-2-6-20-21(8-7-19(4-1)22(18)20)23-12-15-9-16(13-23)11-17(10-15)14-23/h1-8,15-17,21H,9-14H2. The molecule has 4 fully saturated rings. The minimum Gasteiger partial charge on any atom is -0.0758 e. The fourth-order valence-corrected chi connectivity index (χ4v) is 7.19. The maximum absolute atomic E-state index is 2.57. The second-order valence-corrected chi connectivity index (χ2v) is 8.91. The van der Waals surface area contributed by atoms with Crippen molar-refractivity contribution in [3.05, 3.63) is 53.6 Å². The quantitative estimate of drug-likeness (QED) is 0.591. The number of hydrogen-bond acceptors (Lipinski definition) is 0. The van der Waals surface area contributed by atoms with Crippen LogP contribution < -0.4 is 0 Å². The second-order valence-electron chi connectivity index (χ2n) is 8.91. The Morgan fingerprint density at radius 1 is 0.783 bits per heavy atom. The summed E-state index contributed by atoms with van der Waals surface area (Å²) in [4.78, 5) is 0. The summed E-state index contributed by atoms with van der Waals surface area (Å²) >= 11 is 0. The molecule has 2 aromatic rings. The third-order valence-electron chi connectivity index (χ3n) is 7.52. The molecular formula is C23H24. The molecule has 0 N–H and O–H groups in total. The Kier molecular flexibility index (Phi) is 2.39. The number of allylic oxidation sites excluding steroid dienone is 1. The van der Waals surface area contributed by atoms with Crippen LogP contribution in [0.1, 0.15) is 55.6 Å². The monoisotopic (exact) mass is 300 g/mol. The molecule has 0 aromatic heterocycles. The largest absolute Gasteiger partial charge is 0.0758 e. The van der Waals surface area contributed by atoms with Crippen LogP contribution in [0, 0.1) is 23.2 Å². The molecule has 4 bridgehead atoms. The first-order valence-corrected chi connectivity index (χ1v) is 9.51. The van der Waals surface area contributed by atoms with E-state index in [1.165, 1.54) is 49.5 Å². The average Bonchev–Trinajstić information content (AvgIpc) is 2.54. The third kappa shape index (κ3) is 1.67. The summed E-state index contributed by atoms with van der Waals surface area (Å²) in [5, 5.41) is 2.97. The summed E-state index contributed by atoms with van der Waals surface area (Å²) in [5.74, 6) is 3.76. The molecule has 4 saturated carbocycles. The second kappa shape index (κ2) is 4.29. The van der Waals surface area contributed by atoms with Gasteiger partial charge in [0, 0.05) is 5.92 Å². The van der Waals surface area contributed by atoms with Crippen LogP contribution in [-0.2, 0) is 0 Å². The first kappa shape index (κ1) is 12.8. The van der Waals surface area contributed by atoms with E-state index in [1.807, 2.05) is 0 Å². The molecule has 0 saturated heterocycles. The Labute approximate surface area is 138 Å². The van der Waals surface area contributed by atoms with Gasteiger partial charge in [-0.1, -0.05) is 48.6 Å². The van der Waals surface area contributed by atoms with Gasteiger partial charge in [-0.25, -0.2) is 0 Å². The van der Waals surface area contributed by atoms with E-state index in [1.54, 1.807) is 10.9 Å².